The van der Waals surface area contributed by atoms with E-state index in [1.54, 1.807) is 0 Å². The fourth-order valence-corrected chi connectivity index (χ4v) is 3.67. The van der Waals surface area contributed by atoms with Crippen molar-refractivity contribution in [2.24, 2.45) is 10.9 Å². The fraction of sp³-hybridized carbons (Fsp3) is 0.550. The van der Waals surface area contributed by atoms with Gasteiger partial charge in [-0.3, -0.25) is 4.99 Å². The van der Waals surface area contributed by atoms with Gasteiger partial charge in [0.15, 0.2) is 5.96 Å². The van der Waals surface area contributed by atoms with Gasteiger partial charge in [0.05, 0.1) is 6.61 Å². The van der Waals surface area contributed by atoms with E-state index in [2.05, 4.69) is 58.6 Å². The number of aliphatic imine (C=N–C) groups is 1. The Balaban J connectivity index is 1.56. The summed E-state index contributed by atoms with van der Waals surface area (Å²) in [5, 5.41) is 4.84. The van der Waals surface area contributed by atoms with Gasteiger partial charge in [-0.1, -0.05) is 25.1 Å². The highest BCUT2D eigenvalue weighted by Gasteiger charge is 2.19. The Labute approximate surface area is 150 Å². The Hall–Kier alpha value is -2.01. The van der Waals surface area contributed by atoms with E-state index >= 15 is 0 Å². The van der Waals surface area contributed by atoms with Gasteiger partial charge in [0.25, 0.3) is 0 Å². The smallest absolute Gasteiger partial charge is 0.193 e. The number of ether oxygens (including phenoxy) is 1. The van der Waals surface area contributed by atoms with Gasteiger partial charge in [-0.15, -0.1) is 0 Å². The highest BCUT2D eigenvalue weighted by Crippen LogP contribution is 2.22. The molecule has 5 heteroatoms. The highest BCUT2D eigenvalue weighted by atomic mass is 16.5. The number of hydrogen-bond acceptors (Lipinski definition) is 2. The van der Waals surface area contributed by atoms with E-state index in [9.17, 15) is 0 Å². The lowest BCUT2D eigenvalue weighted by molar-refractivity contribution is 0.181. The number of para-hydroxylation sites is 1. The molecule has 2 N–H and O–H groups in total. The number of H-pyrrole nitrogens is 1. The maximum atomic E-state index is 5.47. The van der Waals surface area contributed by atoms with Crippen LogP contribution in [0.4, 0.5) is 0 Å². The summed E-state index contributed by atoms with van der Waals surface area (Å²) in [6.07, 6.45) is 5.33. The Kier molecular flexibility index (Phi) is 5.97. The molecule has 1 aliphatic heterocycles. The summed E-state index contributed by atoms with van der Waals surface area (Å²) in [7, 11) is 3.95. The molecule has 1 aromatic carbocycles. The molecule has 2 aromatic rings. The maximum Gasteiger partial charge on any atom is 0.193 e. The van der Waals surface area contributed by atoms with E-state index in [-0.39, 0.29) is 0 Å². The number of aromatic nitrogens is 1. The largest absolute Gasteiger partial charge is 0.381 e. The zero-order valence-electron chi connectivity index (χ0n) is 15.6. The number of fused-ring (bicyclic) bond motifs is 1. The molecule has 1 aliphatic rings. The minimum Gasteiger partial charge on any atom is -0.381 e. The van der Waals surface area contributed by atoms with Gasteiger partial charge in [-0.05, 0) is 30.4 Å². The molecule has 0 bridgehead atoms. The van der Waals surface area contributed by atoms with Crippen LogP contribution in [0.15, 0.2) is 29.4 Å². The molecule has 25 heavy (non-hydrogen) atoms. The molecular weight excluding hydrogens is 312 g/mol. The van der Waals surface area contributed by atoms with Gasteiger partial charge >= 0.3 is 0 Å². The molecule has 1 fully saturated rings. The third-order valence-electron chi connectivity index (χ3n) is 5.08. The van der Waals surface area contributed by atoms with E-state index in [0.717, 1.165) is 51.5 Å². The Morgan fingerprint density at radius 3 is 3.00 bits per heavy atom. The second-order valence-electron chi connectivity index (χ2n) is 6.84. The Bertz CT molecular complexity index is 716. The van der Waals surface area contributed by atoms with Crippen LogP contribution in [0.1, 0.15) is 24.5 Å². The van der Waals surface area contributed by atoms with E-state index in [4.69, 9.17) is 4.74 Å². The fourth-order valence-electron chi connectivity index (χ4n) is 3.67. The van der Waals surface area contributed by atoms with Crippen molar-refractivity contribution in [3.8, 4) is 0 Å². The first-order valence-electron chi connectivity index (χ1n) is 9.30. The second kappa shape index (κ2) is 8.39. The molecule has 1 aromatic heterocycles. The zero-order valence-corrected chi connectivity index (χ0v) is 15.6. The summed E-state index contributed by atoms with van der Waals surface area (Å²) < 4.78 is 5.47. The minimum absolute atomic E-state index is 0.615. The predicted octanol–water partition coefficient (Wildman–Crippen LogP) is 2.82. The first-order valence-corrected chi connectivity index (χ1v) is 9.30. The van der Waals surface area contributed by atoms with Crippen molar-refractivity contribution in [1.82, 2.24) is 15.2 Å². The average molecular weight is 342 g/mol. The third kappa shape index (κ3) is 4.15. The quantitative estimate of drug-likeness (QED) is 0.627. The van der Waals surface area contributed by atoms with Crippen molar-refractivity contribution in [2.75, 3.05) is 40.4 Å². The molecule has 1 unspecified atom stereocenters. The monoisotopic (exact) mass is 342 g/mol. The lowest BCUT2D eigenvalue weighted by atomic mass is 10.1. The van der Waals surface area contributed by atoms with Crippen LogP contribution in [-0.4, -0.2) is 56.2 Å². The number of aromatic amines is 1. The van der Waals surface area contributed by atoms with Crippen LogP contribution >= 0.6 is 0 Å². The number of aryl methyl sites for hydroxylation is 1. The molecular formula is C20H30N4O. The molecule has 3 rings (SSSR count). The molecule has 0 spiro atoms. The summed E-state index contributed by atoms with van der Waals surface area (Å²) in [5.41, 5.74) is 4.02. The Morgan fingerprint density at radius 2 is 2.28 bits per heavy atom. The highest BCUT2D eigenvalue weighted by molar-refractivity contribution is 5.86. The minimum atomic E-state index is 0.615. The molecule has 0 aliphatic carbocycles. The first kappa shape index (κ1) is 17.8. The van der Waals surface area contributed by atoms with Gasteiger partial charge < -0.3 is 19.9 Å². The molecule has 0 radical (unpaired) electrons. The third-order valence-corrected chi connectivity index (χ3v) is 5.08. The van der Waals surface area contributed by atoms with Crippen molar-refractivity contribution in [3.63, 3.8) is 0 Å². The van der Waals surface area contributed by atoms with Crippen molar-refractivity contribution in [1.29, 1.82) is 0 Å². The lowest BCUT2D eigenvalue weighted by Gasteiger charge is -2.24. The molecule has 5 nitrogen and oxygen atoms in total. The normalized spacial score (nSPS) is 18.0. The summed E-state index contributed by atoms with van der Waals surface area (Å²) in [5.74, 6) is 1.57. The maximum absolute atomic E-state index is 5.47. The van der Waals surface area contributed by atoms with Crippen molar-refractivity contribution < 1.29 is 4.74 Å². The second-order valence-corrected chi connectivity index (χ2v) is 6.84. The summed E-state index contributed by atoms with van der Waals surface area (Å²) >= 11 is 0. The molecule has 1 atom stereocenters. The summed E-state index contributed by atoms with van der Waals surface area (Å²) in [4.78, 5) is 10.1. The molecule has 0 amide bonds. The number of benzene rings is 1. The van der Waals surface area contributed by atoms with Gasteiger partial charge in [0.2, 0.25) is 0 Å². The van der Waals surface area contributed by atoms with Crippen LogP contribution in [0.25, 0.3) is 10.9 Å². The number of rotatable bonds is 6. The van der Waals surface area contributed by atoms with E-state index in [1.807, 2.05) is 7.05 Å². The number of guanidine groups is 1. The molecule has 2 heterocycles. The standard InChI is InChI=1S/C20H30N4O/c1-4-16-6-5-7-18-17(12-23-19(16)18)8-10-22-20(21-2)24(3)13-15-9-11-25-14-15/h5-7,12,15,23H,4,8-11,13-14H2,1-3H3,(H,21,22). The topological polar surface area (TPSA) is 52.6 Å². The zero-order chi connectivity index (χ0) is 17.6. The van der Waals surface area contributed by atoms with Crippen LogP contribution < -0.4 is 5.32 Å². The van der Waals surface area contributed by atoms with Gasteiger partial charge in [0.1, 0.15) is 0 Å². The van der Waals surface area contributed by atoms with Gasteiger partial charge in [-0.2, -0.15) is 0 Å². The van der Waals surface area contributed by atoms with Crippen LogP contribution in [0, 0.1) is 5.92 Å². The van der Waals surface area contributed by atoms with Crippen LogP contribution in [-0.2, 0) is 17.6 Å². The molecule has 0 saturated carbocycles. The van der Waals surface area contributed by atoms with Crippen molar-refractivity contribution in [3.05, 3.63) is 35.5 Å². The summed E-state index contributed by atoms with van der Waals surface area (Å²) in [6, 6.07) is 6.56. The average Bonchev–Trinajstić information content (AvgIpc) is 3.28. The van der Waals surface area contributed by atoms with Crippen LogP contribution in [0.5, 0.6) is 0 Å². The van der Waals surface area contributed by atoms with Crippen LogP contribution in [0.3, 0.4) is 0 Å². The van der Waals surface area contributed by atoms with E-state index in [0.29, 0.717) is 5.92 Å². The Morgan fingerprint density at radius 1 is 1.40 bits per heavy atom. The van der Waals surface area contributed by atoms with E-state index in [1.165, 1.54) is 22.0 Å². The lowest BCUT2D eigenvalue weighted by Crippen LogP contribution is -2.42. The van der Waals surface area contributed by atoms with Crippen molar-refractivity contribution >= 4 is 16.9 Å². The first-order chi connectivity index (χ1) is 12.2. The number of nitrogens with one attached hydrogen (secondary N) is 2. The number of nitrogens with zero attached hydrogens (tertiary/aromatic N) is 2. The van der Waals surface area contributed by atoms with Gasteiger partial charge in [-0.25, -0.2) is 0 Å². The predicted molar refractivity (Wildman–Crippen MR) is 104 cm³/mol. The molecule has 136 valence electrons. The number of hydrogen-bond donors (Lipinski definition) is 2. The van der Waals surface area contributed by atoms with Crippen LogP contribution in [0.2, 0.25) is 0 Å². The van der Waals surface area contributed by atoms with Crippen molar-refractivity contribution in [2.45, 2.75) is 26.2 Å². The van der Waals surface area contributed by atoms with Gasteiger partial charge in [0, 0.05) is 56.8 Å². The summed E-state index contributed by atoms with van der Waals surface area (Å²) in [6.45, 7) is 5.83. The SMILES string of the molecule is CCc1cccc2c(CCNC(=NC)N(C)CC3CCOC3)c[nH]c12. The van der Waals surface area contributed by atoms with E-state index < -0.39 is 0 Å². The molecule has 1 saturated heterocycles.